The van der Waals surface area contributed by atoms with Crippen molar-refractivity contribution in [1.82, 2.24) is 0 Å². The maximum absolute atomic E-state index is 2.30. The van der Waals surface area contributed by atoms with Gasteiger partial charge >= 0.3 is 0 Å². The van der Waals surface area contributed by atoms with Crippen molar-refractivity contribution in [3.8, 4) is 0 Å². The van der Waals surface area contributed by atoms with E-state index in [-0.39, 0.29) is 0 Å². The monoisotopic (exact) mass is 174 g/mol. The summed E-state index contributed by atoms with van der Waals surface area (Å²) in [4.78, 5) is 0. The van der Waals surface area contributed by atoms with Crippen LogP contribution in [0.4, 0.5) is 0 Å². The Kier molecular flexibility index (Phi) is 2.85. The largest absolute Gasteiger partial charge is 0.170 e. The minimum Gasteiger partial charge on any atom is -0.0819 e. The molecule has 13 heavy (non-hydrogen) atoms. The Labute approximate surface area is 82.4 Å². The molecule has 0 fully saturated rings. The van der Waals surface area contributed by atoms with E-state index >= 15 is 0 Å². The van der Waals surface area contributed by atoms with Crippen LogP contribution in [-0.4, -0.2) is 6.71 Å². The second kappa shape index (κ2) is 3.57. The molecule has 0 bridgehead atoms. The summed E-state index contributed by atoms with van der Waals surface area (Å²) in [5, 5.41) is 0. The zero-order chi connectivity index (χ0) is 10.2. The van der Waals surface area contributed by atoms with Gasteiger partial charge in [0.1, 0.15) is 0 Å². The molecule has 1 heteroatoms. The Morgan fingerprint density at radius 3 is 1.85 bits per heavy atom. The van der Waals surface area contributed by atoms with Gasteiger partial charge in [0.05, 0.1) is 0 Å². The molecule has 0 N–H and O–H groups in total. The van der Waals surface area contributed by atoms with Crippen molar-refractivity contribution in [1.29, 1.82) is 0 Å². The van der Waals surface area contributed by atoms with Crippen LogP contribution in [0.1, 0.15) is 22.3 Å². The quantitative estimate of drug-likeness (QED) is 0.574. The van der Waals surface area contributed by atoms with E-state index in [4.69, 9.17) is 0 Å². The molecule has 0 radical (unpaired) electrons. The minimum atomic E-state index is 0.638. The van der Waals surface area contributed by atoms with Crippen molar-refractivity contribution in [2.45, 2.75) is 41.3 Å². The number of hydrogen-bond acceptors (Lipinski definition) is 0. The summed E-state index contributed by atoms with van der Waals surface area (Å²) in [7, 11) is 0. The highest BCUT2D eigenvalue weighted by molar-refractivity contribution is 6.71. The predicted octanol–water partition coefficient (Wildman–Crippen LogP) is 2.88. The molecule has 0 aliphatic rings. The van der Waals surface area contributed by atoms with Gasteiger partial charge in [-0.25, -0.2) is 0 Å². The summed E-state index contributed by atoms with van der Waals surface area (Å²) >= 11 is 0. The number of benzene rings is 1. The minimum absolute atomic E-state index is 0.638. The Bertz CT molecular complexity index is 324. The van der Waals surface area contributed by atoms with Crippen LogP contribution in [0.2, 0.25) is 13.6 Å². The van der Waals surface area contributed by atoms with Crippen LogP contribution < -0.4 is 5.46 Å². The Morgan fingerprint density at radius 2 is 1.38 bits per heavy atom. The van der Waals surface area contributed by atoms with Crippen LogP contribution >= 0.6 is 0 Å². The van der Waals surface area contributed by atoms with Crippen molar-refractivity contribution < 1.29 is 0 Å². The first-order chi connectivity index (χ1) is 5.95. The van der Waals surface area contributed by atoms with E-state index in [9.17, 15) is 0 Å². The van der Waals surface area contributed by atoms with Gasteiger partial charge in [-0.15, -0.1) is 0 Å². The summed E-state index contributed by atoms with van der Waals surface area (Å²) in [6.07, 6.45) is 0. The van der Waals surface area contributed by atoms with Gasteiger partial charge in [-0.1, -0.05) is 36.3 Å². The fraction of sp³-hybridized carbons (Fsp3) is 0.500. The van der Waals surface area contributed by atoms with Crippen molar-refractivity contribution in [2.75, 3.05) is 0 Å². The lowest BCUT2D eigenvalue weighted by molar-refractivity contribution is 1.25. The first-order valence-corrected chi connectivity index (χ1v) is 5.02. The second-order valence-electron chi connectivity index (χ2n) is 4.33. The summed E-state index contributed by atoms with van der Waals surface area (Å²) in [6, 6.07) is 2.30. The van der Waals surface area contributed by atoms with Gasteiger partial charge < -0.3 is 0 Å². The topological polar surface area (TPSA) is 0 Å². The fourth-order valence-electron chi connectivity index (χ4n) is 2.19. The molecule has 0 atom stereocenters. The Morgan fingerprint density at radius 1 is 0.846 bits per heavy atom. The van der Waals surface area contributed by atoms with E-state index in [1.807, 2.05) is 0 Å². The predicted molar refractivity (Wildman–Crippen MR) is 62.5 cm³/mol. The van der Waals surface area contributed by atoms with E-state index in [0.29, 0.717) is 6.71 Å². The molecular weight excluding hydrogens is 155 g/mol. The first kappa shape index (κ1) is 10.4. The molecule has 0 spiro atoms. The zero-order valence-corrected chi connectivity index (χ0v) is 9.65. The highest BCUT2D eigenvalue weighted by atomic mass is 14.1. The van der Waals surface area contributed by atoms with Gasteiger partial charge in [-0.2, -0.15) is 0 Å². The molecule has 1 aromatic rings. The molecule has 1 rings (SSSR count). The van der Waals surface area contributed by atoms with Crippen LogP contribution in [0.25, 0.3) is 0 Å². The normalized spacial score (nSPS) is 10.3. The molecule has 70 valence electrons. The van der Waals surface area contributed by atoms with E-state index in [0.717, 1.165) is 0 Å². The molecule has 1 aromatic carbocycles. The lowest BCUT2D eigenvalue weighted by Crippen LogP contribution is -2.29. The second-order valence-corrected chi connectivity index (χ2v) is 4.33. The Hall–Kier alpha value is -0.715. The molecular formula is C12H19B. The van der Waals surface area contributed by atoms with Gasteiger partial charge in [-0.05, 0) is 38.8 Å². The number of rotatable bonds is 1. The maximum atomic E-state index is 2.30. The third-order valence-corrected chi connectivity index (χ3v) is 2.99. The molecule has 0 aliphatic heterocycles. The fourth-order valence-corrected chi connectivity index (χ4v) is 2.19. The van der Waals surface area contributed by atoms with E-state index in [2.05, 4.69) is 47.4 Å². The van der Waals surface area contributed by atoms with Crippen molar-refractivity contribution >= 4 is 12.2 Å². The van der Waals surface area contributed by atoms with E-state index < -0.39 is 0 Å². The first-order valence-electron chi connectivity index (χ1n) is 5.02. The van der Waals surface area contributed by atoms with Crippen LogP contribution in [0.15, 0.2) is 6.07 Å². The molecule has 0 amide bonds. The van der Waals surface area contributed by atoms with Crippen LogP contribution in [0.3, 0.4) is 0 Å². The lowest BCUT2D eigenvalue weighted by Gasteiger charge is -2.16. The summed E-state index contributed by atoms with van der Waals surface area (Å²) in [6.45, 7) is 14.0. The Balaban J connectivity index is 3.44. The van der Waals surface area contributed by atoms with E-state index in [1.54, 1.807) is 0 Å². The lowest BCUT2D eigenvalue weighted by atomic mass is 9.47. The standard InChI is InChI=1S/C12H19B/c1-8-7-9(2)12(13(5)6)11(4)10(8)3/h7H,1-6H3. The van der Waals surface area contributed by atoms with Gasteiger partial charge in [0.2, 0.25) is 0 Å². The number of hydrogen-bond donors (Lipinski definition) is 0. The van der Waals surface area contributed by atoms with Gasteiger partial charge in [-0.3, -0.25) is 0 Å². The molecule has 0 aliphatic carbocycles. The van der Waals surface area contributed by atoms with Crippen molar-refractivity contribution in [3.05, 3.63) is 28.3 Å². The zero-order valence-electron chi connectivity index (χ0n) is 9.65. The highest BCUT2D eigenvalue weighted by Crippen LogP contribution is 2.13. The number of aryl methyl sites for hydroxylation is 2. The van der Waals surface area contributed by atoms with Gasteiger partial charge in [0.25, 0.3) is 0 Å². The van der Waals surface area contributed by atoms with Crippen molar-refractivity contribution in [2.24, 2.45) is 0 Å². The van der Waals surface area contributed by atoms with Crippen LogP contribution in [-0.2, 0) is 0 Å². The molecule has 0 saturated carbocycles. The van der Waals surface area contributed by atoms with Gasteiger partial charge in [0.15, 0.2) is 6.71 Å². The third kappa shape index (κ3) is 1.79. The SMILES string of the molecule is CB(C)c1c(C)cc(C)c(C)c1C. The average Bonchev–Trinajstić information content (AvgIpc) is 1.99. The smallest absolute Gasteiger partial charge is 0.0819 e. The molecule has 0 saturated heterocycles. The molecule has 0 unspecified atom stereocenters. The van der Waals surface area contributed by atoms with E-state index in [1.165, 1.54) is 27.7 Å². The summed E-state index contributed by atoms with van der Waals surface area (Å²) < 4.78 is 0. The molecule has 0 nitrogen and oxygen atoms in total. The molecule has 0 aromatic heterocycles. The average molecular weight is 174 g/mol. The van der Waals surface area contributed by atoms with Crippen LogP contribution in [0.5, 0.6) is 0 Å². The summed E-state index contributed by atoms with van der Waals surface area (Å²) in [5.41, 5.74) is 7.32. The molecule has 0 heterocycles. The maximum Gasteiger partial charge on any atom is 0.170 e. The highest BCUT2D eigenvalue weighted by Gasteiger charge is 2.12. The summed E-state index contributed by atoms with van der Waals surface area (Å²) in [5.74, 6) is 0. The van der Waals surface area contributed by atoms with Gasteiger partial charge in [0, 0.05) is 0 Å². The van der Waals surface area contributed by atoms with Crippen LogP contribution in [0, 0.1) is 27.7 Å². The third-order valence-electron chi connectivity index (χ3n) is 2.99. The van der Waals surface area contributed by atoms with Crippen molar-refractivity contribution in [3.63, 3.8) is 0 Å².